The third-order valence-corrected chi connectivity index (χ3v) is 2.93. The van der Waals surface area contributed by atoms with Crippen LogP contribution in [0.4, 0.5) is 0 Å². The minimum absolute atomic E-state index is 0.0439. The van der Waals surface area contributed by atoms with Crippen molar-refractivity contribution >= 4 is 5.97 Å². The Morgan fingerprint density at radius 3 is 2.69 bits per heavy atom. The van der Waals surface area contributed by atoms with Crippen molar-refractivity contribution in [3.05, 3.63) is 0 Å². The summed E-state index contributed by atoms with van der Waals surface area (Å²) in [6, 6.07) is 0. The monoisotopic (exact) mass is 184 g/mol. The van der Waals surface area contributed by atoms with Crippen LogP contribution in [0.5, 0.6) is 0 Å². The third-order valence-electron chi connectivity index (χ3n) is 2.93. The molecule has 0 N–H and O–H groups in total. The Morgan fingerprint density at radius 2 is 2.15 bits per heavy atom. The normalized spacial score (nSPS) is 28.0. The van der Waals surface area contributed by atoms with Crippen LogP contribution in [0.1, 0.15) is 46.5 Å². The van der Waals surface area contributed by atoms with Gasteiger partial charge in [0.15, 0.2) is 0 Å². The fourth-order valence-electron chi connectivity index (χ4n) is 2.12. The van der Waals surface area contributed by atoms with E-state index in [1.54, 1.807) is 0 Å². The number of hydrogen-bond acceptors (Lipinski definition) is 2. The molecule has 13 heavy (non-hydrogen) atoms. The molecule has 0 spiro atoms. The first-order valence-corrected chi connectivity index (χ1v) is 5.34. The van der Waals surface area contributed by atoms with Gasteiger partial charge in [0.05, 0.1) is 0 Å². The number of esters is 1. The summed E-state index contributed by atoms with van der Waals surface area (Å²) in [5.74, 6) is 1.19. The molecular formula is C11H20O2. The number of rotatable bonds is 3. The Hall–Kier alpha value is -0.530. The molecule has 0 heterocycles. The van der Waals surface area contributed by atoms with Gasteiger partial charge in [-0.1, -0.05) is 20.8 Å². The van der Waals surface area contributed by atoms with Crippen molar-refractivity contribution in [1.29, 1.82) is 0 Å². The maximum Gasteiger partial charge on any atom is 0.305 e. The zero-order chi connectivity index (χ0) is 9.84. The zero-order valence-corrected chi connectivity index (χ0v) is 8.88. The smallest absolute Gasteiger partial charge is 0.305 e. The van der Waals surface area contributed by atoms with Gasteiger partial charge in [-0.25, -0.2) is 0 Å². The predicted octanol–water partition coefficient (Wildman–Crippen LogP) is 2.76. The molecule has 2 atom stereocenters. The Kier molecular flexibility index (Phi) is 3.76. The topological polar surface area (TPSA) is 26.3 Å². The molecule has 0 radical (unpaired) electrons. The highest BCUT2D eigenvalue weighted by atomic mass is 16.5. The minimum atomic E-state index is -0.0439. The molecule has 0 amide bonds. The van der Waals surface area contributed by atoms with Gasteiger partial charge in [-0.15, -0.1) is 0 Å². The first-order valence-electron chi connectivity index (χ1n) is 5.34. The lowest BCUT2D eigenvalue weighted by Gasteiger charge is -2.22. The van der Waals surface area contributed by atoms with E-state index in [1.807, 2.05) is 6.92 Å². The molecule has 0 aromatic heterocycles. The Morgan fingerprint density at radius 1 is 1.46 bits per heavy atom. The van der Waals surface area contributed by atoms with E-state index in [9.17, 15) is 4.79 Å². The summed E-state index contributed by atoms with van der Waals surface area (Å²) in [6.45, 7) is 6.27. The van der Waals surface area contributed by atoms with Crippen LogP contribution in [0.15, 0.2) is 0 Å². The molecule has 0 aliphatic heterocycles. The average Bonchev–Trinajstić information content (AvgIpc) is 2.52. The van der Waals surface area contributed by atoms with Gasteiger partial charge in [0.2, 0.25) is 0 Å². The zero-order valence-electron chi connectivity index (χ0n) is 8.88. The summed E-state index contributed by atoms with van der Waals surface area (Å²) in [5, 5.41) is 0. The van der Waals surface area contributed by atoms with Crippen LogP contribution in [0.3, 0.4) is 0 Å². The van der Waals surface area contributed by atoms with Gasteiger partial charge >= 0.3 is 5.97 Å². The van der Waals surface area contributed by atoms with Crippen LogP contribution in [0, 0.1) is 11.8 Å². The first-order chi connectivity index (χ1) is 6.15. The number of ether oxygens (including phenoxy) is 1. The van der Waals surface area contributed by atoms with E-state index in [2.05, 4.69) is 13.8 Å². The van der Waals surface area contributed by atoms with Crippen LogP contribution in [-0.2, 0) is 9.53 Å². The molecule has 1 aliphatic rings. The molecular weight excluding hydrogens is 164 g/mol. The largest absolute Gasteiger partial charge is 0.462 e. The Balaban J connectivity index is 2.44. The van der Waals surface area contributed by atoms with Crippen molar-refractivity contribution in [3.63, 3.8) is 0 Å². The fraction of sp³-hybridized carbons (Fsp3) is 0.909. The van der Waals surface area contributed by atoms with Crippen molar-refractivity contribution in [1.82, 2.24) is 0 Å². The highest BCUT2D eigenvalue weighted by Crippen LogP contribution is 2.33. The summed E-state index contributed by atoms with van der Waals surface area (Å²) in [5.41, 5.74) is 0. The lowest BCUT2D eigenvalue weighted by molar-refractivity contribution is -0.151. The third kappa shape index (κ3) is 2.71. The van der Waals surface area contributed by atoms with E-state index in [1.165, 1.54) is 12.8 Å². The van der Waals surface area contributed by atoms with E-state index in [4.69, 9.17) is 4.74 Å². The van der Waals surface area contributed by atoms with Crippen molar-refractivity contribution in [3.8, 4) is 0 Å². The van der Waals surface area contributed by atoms with Gasteiger partial charge in [-0.3, -0.25) is 4.79 Å². The Labute approximate surface area is 80.7 Å². The van der Waals surface area contributed by atoms with Crippen molar-refractivity contribution < 1.29 is 9.53 Å². The average molecular weight is 184 g/mol. The van der Waals surface area contributed by atoms with Gasteiger partial charge in [0.25, 0.3) is 0 Å². The Bertz CT molecular complexity index is 175. The van der Waals surface area contributed by atoms with Crippen molar-refractivity contribution in [2.75, 3.05) is 0 Å². The van der Waals surface area contributed by atoms with Crippen LogP contribution in [0.2, 0.25) is 0 Å². The minimum Gasteiger partial charge on any atom is -0.462 e. The molecule has 0 aromatic rings. The van der Waals surface area contributed by atoms with Crippen LogP contribution >= 0.6 is 0 Å². The summed E-state index contributed by atoms with van der Waals surface area (Å²) < 4.78 is 5.40. The standard InChI is InChI=1S/C11H20O2/c1-4-11(12)13-10-7-5-6-9(10)8(2)3/h8-10H,4-7H2,1-3H3/t9-,10-/m0/s1. The molecule has 0 saturated heterocycles. The molecule has 2 nitrogen and oxygen atoms in total. The lowest BCUT2D eigenvalue weighted by atomic mass is 9.92. The van der Waals surface area contributed by atoms with E-state index >= 15 is 0 Å². The molecule has 0 bridgehead atoms. The molecule has 2 heteroatoms. The molecule has 76 valence electrons. The highest BCUT2D eigenvalue weighted by molar-refractivity contribution is 5.69. The van der Waals surface area contributed by atoms with E-state index in [0.717, 1.165) is 6.42 Å². The summed E-state index contributed by atoms with van der Waals surface area (Å²) in [7, 11) is 0. The molecule has 1 rings (SSSR count). The number of carbonyl (C=O) groups is 1. The van der Waals surface area contributed by atoms with Gasteiger partial charge in [-0.05, 0) is 31.1 Å². The number of hydrogen-bond donors (Lipinski definition) is 0. The van der Waals surface area contributed by atoms with Crippen LogP contribution < -0.4 is 0 Å². The molecule has 1 fully saturated rings. The number of carbonyl (C=O) groups excluding carboxylic acids is 1. The van der Waals surface area contributed by atoms with Gasteiger partial charge in [0.1, 0.15) is 6.10 Å². The van der Waals surface area contributed by atoms with Gasteiger partial charge < -0.3 is 4.74 Å². The summed E-state index contributed by atoms with van der Waals surface area (Å²) in [6.07, 6.45) is 4.20. The van der Waals surface area contributed by atoms with Crippen LogP contribution in [0.25, 0.3) is 0 Å². The molecule has 0 unspecified atom stereocenters. The van der Waals surface area contributed by atoms with Crippen LogP contribution in [-0.4, -0.2) is 12.1 Å². The maximum atomic E-state index is 11.1. The van der Waals surface area contributed by atoms with E-state index < -0.39 is 0 Å². The van der Waals surface area contributed by atoms with Crippen molar-refractivity contribution in [2.24, 2.45) is 11.8 Å². The highest BCUT2D eigenvalue weighted by Gasteiger charge is 2.31. The summed E-state index contributed by atoms with van der Waals surface area (Å²) >= 11 is 0. The SMILES string of the molecule is CCC(=O)O[C@H]1CCC[C@H]1C(C)C. The van der Waals surface area contributed by atoms with Crippen molar-refractivity contribution in [2.45, 2.75) is 52.6 Å². The fourth-order valence-corrected chi connectivity index (χ4v) is 2.12. The predicted molar refractivity (Wildman–Crippen MR) is 52.4 cm³/mol. The van der Waals surface area contributed by atoms with Gasteiger partial charge in [-0.2, -0.15) is 0 Å². The summed E-state index contributed by atoms with van der Waals surface area (Å²) in [4.78, 5) is 11.1. The second-order valence-electron chi connectivity index (χ2n) is 4.22. The quantitative estimate of drug-likeness (QED) is 0.630. The van der Waals surface area contributed by atoms with Gasteiger partial charge in [0, 0.05) is 6.42 Å². The lowest BCUT2D eigenvalue weighted by Crippen LogP contribution is -2.25. The molecule has 0 aromatic carbocycles. The first kappa shape index (κ1) is 10.6. The second-order valence-corrected chi connectivity index (χ2v) is 4.22. The second kappa shape index (κ2) is 4.64. The maximum absolute atomic E-state index is 11.1. The van der Waals surface area contributed by atoms with E-state index in [0.29, 0.717) is 18.3 Å². The van der Waals surface area contributed by atoms with E-state index in [-0.39, 0.29) is 12.1 Å². The molecule has 1 saturated carbocycles. The molecule has 1 aliphatic carbocycles.